The van der Waals surface area contributed by atoms with Crippen molar-refractivity contribution in [2.45, 2.75) is 25.9 Å². The van der Waals surface area contributed by atoms with Gasteiger partial charge in [0.2, 0.25) is 5.91 Å². The number of piperazine rings is 1. The number of hydrogen-bond donors (Lipinski definition) is 1. The number of likely N-dealkylation sites (tertiary alicyclic amines) is 1. The molecular formula is C20H29F3IN5O. The van der Waals surface area contributed by atoms with Crippen molar-refractivity contribution in [3.05, 3.63) is 29.8 Å². The predicted octanol–water partition coefficient (Wildman–Crippen LogP) is 3.03. The largest absolute Gasteiger partial charge is 0.416 e. The molecule has 0 spiro atoms. The number of guanidine groups is 1. The van der Waals surface area contributed by atoms with Crippen LogP contribution >= 0.6 is 24.0 Å². The van der Waals surface area contributed by atoms with Gasteiger partial charge in [-0.3, -0.25) is 4.79 Å². The molecule has 1 aromatic carbocycles. The maximum atomic E-state index is 13.0. The fraction of sp³-hybridized carbons (Fsp3) is 0.600. The van der Waals surface area contributed by atoms with Gasteiger partial charge in [-0.2, -0.15) is 13.2 Å². The Morgan fingerprint density at radius 1 is 1.07 bits per heavy atom. The molecule has 6 nitrogen and oxygen atoms in total. The molecule has 10 heteroatoms. The number of benzene rings is 1. The fourth-order valence-electron chi connectivity index (χ4n) is 3.69. The summed E-state index contributed by atoms with van der Waals surface area (Å²) in [6, 6.07) is 5.44. The average Bonchev–Trinajstić information content (AvgIpc) is 3.25. The van der Waals surface area contributed by atoms with Crippen LogP contribution in [-0.2, 0) is 11.0 Å². The molecule has 0 bridgehead atoms. The Hall–Kier alpha value is -1.72. The minimum atomic E-state index is -4.34. The fourth-order valence-corrected chi connectivity index (χ4v) is 3.69. The number of rotatable bonds is 4. The highest BCUT2D eigenvalue weighted by molar-refractivity contribution is 14.0. The Morgan fingerprint density at radius 3 is 2.33 bits per heavy atom. The molecule has 1 N–H and O–H groups in total. The van der Waals surface area contributed by atoms with Crippen LogP contribution in [0.5, 0.6) is 0 Å². The quantitative estimate of drug-likeness (QED) is 0.363. The van der Waals surface area contributed by atoms with E-state index in [9.17, 15) is 18.0 Å². The summed E-state index contributed by atoms with van der Waals surface area (Å²) in [7, 11) is 0. The smallest absolute Gasteiger partial charge is 0.368 e. The Morgan fingerprint density at radius 2 is 1.73 bits per heavy atom. The van der Waals surface area contributed by atoms with Crippen molar-refractivity contribution in [3.63, 3.8) is 0 Å². The molecule has 30 heavy (non-hydrogen) atoms. The zero-order chi connectivity index (χ0) is 20.9. The molecular weight excluding hydrogens is 510 g/mol. The van der Waals surface area contributed by atoms with Gasteiger partial charge in [-0.15, -0.1) is 24.0 Å². The summed E-state index contributed by atoms with van der Waals surface area (Å²) < 4.78 is 38.9. The van der Waals surface area contributed by atoms with Gasteiger partial charge >= 0.3 is 6.18 Å². The number of anilines is 1. The Bertz CT molecular complexity index is 729. The Kier molecular flexibility index (Phi) is 9.05. The zero-order valence-electron chi connectivity index (χ0n) is 17.1. The van der Waals surface area contributed by atoms with Gasteiger partial charge in [0.1, 0.15) is 6.54 Å². The summed E-state index contributed by atoms with van der Waals surface area (Å²) in [6.07, 6.45) is -2.25. The second-order valence-corrected chi connectivity index (χ2v) is 7.28. The van der Waals surface area contributed by atoms with Crippen molar-refractivity contribution in [1.82, 2.24) is 15.1 Å². The molecule has 2 saturated heterocycles. The van der Waals surface area contributed by atoms with Crippen LogP contribution in [-0.4, -0.2) is 74.0 Å². The van der Waals surface area contributed by atoms with Crippen LogP contribution in [0.25, 0.3) is 0 Å². The van der Waals surface area contributed by atoms with E-state index < -0.39 is 11.7 Å². The van der Waals surface area contributed by atoms with E-state index in [0.29, 0.717) is 44.4 Å². The van der Waals surface area contributed by atoms with E-state index in [-0.39, 0.29) is 36.4 Å². The third-order valence-corrected chi connectivity index (χ3v) is 5.28. The van der Waals surface area contributed by atoms with Crippen LogP contribution in [0.3, 0.4) is 0 Å². The first kappa shape index (κ1) is 24.5. The zero-order valence-corrected chi connectivity index (χ0v) is 19.5. The van der Waals surface area contributed by atoms with Crippen molar-refractivity contribution < 1.29 is 18.0 Å². The van der Waals surface area contributed by atoms with Gasteiger partial charge < -0.3 is 20.0 Å². The predicted molar refractivity (Wildman–Crippen MR) is 122 cm³/mol. The number of aliphatic imine (C=N–C) groups is 1. The van der Waals surface area contributed by atoms with Crippen LogP contribution in [0, 0.1) is 0 Å². The van der Waals surface area contributed by atoms with Crippen molar-refractivity contribution in [2.24, 2.45) is 4.99 Å². The second-order valence-electron chi connectivity index (χ2n) is 7.28. The first-order chi connectivity index (χ1) is 13.9. The molecule has 0 unspecified atom stereocenters. The number of carbonyl (C=O) groups is 1. The lowest BCUT2D eigenvalue weighted by Crippen LogP contribution is -2.52. The van der Waals surface area contributed by atoms with Gasteiger partial charge in [0.25, 0.3) is 0 Å². The number of halogens is 4. The number of alkyl halides is 3. The summed E-state index contributed by atoms with van der Waals surface area (Å²) in [5, 5.41) is 3.22. The van der Waals surface area contributed by atoms with Crippen LogP contribution in [0.15, 0.2) is 29.3 Å². The molecule has 0 atom stereocenters. The second kappa shape index (κ2) is 11.1. The molecule has 0 aromatic heterocycles. The molecule has 2 aliphatic heterocycles. The van der Waals surface area contributed by atoms with Crippen LogP contribution in [0.2, 0.25) is 0 Å². The Labute approximate surface area is 192 Å². The number of nitrogens with zero attached hydrogens (tertiary/aromatic N) is 4. The SMILES string of the molecule is CCNC(=NCC(=O)N1CCCC1)N1CCN(c2cccc(C(F)(F)F)c2)CC1.I. The molecule has 2 heterocycles. The van der Waals surface area contributed by atoms with Gasteiger partial charge in [-0.25, -0.2) is 4.99 Å². The highest BCUT2D eigenvalue weighted by atomic mass is 127. The van der Waals surface area contributed by atoms with E-state index in [1.165, 1.54) is 12.1 Å². The lowest BCUT2D eigenvalue weighted by atomic mass is 10.1. The van der Waals surface area contributed by atoms with Crippen LogP contribution in [0.4, 0.5) is 18.9 Å². The Balaban J connectivity index is 0.00000320. The molecule has 3 rings (SSSR count). The first-order valence-electron chi connectivity index (χ1n) is 10.1. The number of amides is 1. The number of nitrogens with one attached hydrogen (secondary N) is 1. The van der Waals surface area contributed by atoms with Gasteiger partial charge in [-0.05, 0) is 38.0 Å². The summed E-state index contributed by atoms with van der Waals surface area (Å²) in [5.41, 5.74) is -0.0571. The molecule has 2 aliphatic rings. The third-order valence-electron chi connectivity index (χ3n) is 5.28. The number of carbonyl (C=O) groups excluding carboxylic acids is 1. The molecule has 2 fully saturated rings. The maximum Gasteiger partial charge on any atom is 0.416 e. The molecule has 1 aromatic rings. The summed E-state index contributed by atoms with van der Waals surface area (Å²) >= 11 is 0. The average molecular weight is 539 g/mol. The molecule has 0 radical (unpaired) electrons. The van der Waals surface area contributed by atoms with Crippen molar-refractivity contribution in [3.8, 4) is 0 Å². The van der Waals surface area contributed by atoms with Crippen molar-refractivity contribution >= 4 is 41.5 Å². The van der Waals surface area contributed by atoms with Crippen molar-refractivity contribution in [1.29, 1.82) is 0 Å². The highest BCUT2D eigenvalue weighted by Gasteiger charge is 2.31. The van der Waals surface area contributed by atoms with E-state index in [1.807, 2.05) is 16.7 Å². The minimum Gasteiger partial charge on any atom is -0.368 e. The lowest BCUT2D eigenvalue weighted by Gasteiger charge is -2.38. The maximum absolute atomic E-state index is 13.0. The van der Waals surface area contributed by atoms with Crippen LogP contribution in [0.1, 0.15) is 25.3 Å². The standard InChI is InChI=1S/C20H28F3N5O.HI/c1-2-24-19(25-15-18(29)27-8-3-4-9-27)28-12-10-26(11-13-28)17-7-5-6-16(14-17)20(21,22)23;/h5-7,14H,2-4,8-13,15H2,1H3,(H,24,25);1H. The van der Waals surface area contributed by atoms with Gasteiger partial charge in [-0.1, -0.05) is 6.07 Å². The van der Waals surface area contributed by atoms with Crippen molar-refractivity contribution in [2.75, 3.05) is 57.3 Å². The van der Waals surface area contributed by atoms with Crippen LogP contribution < -0.4 is 10.2 Å². The van der Waals surface area contributed by atoms with E-state index in [0.717, 1.165) is 32.0 Å². The first-order valence-corrected chi connectivity index (χ1v) is 10.1. The molecule has 0 aliphatic carbocycles. The van der Waals surface area contributed by atoms with E-state index in [4.69, 9.17) is 0 Å². The van der Waals surface area contributed by atoms with Gasteiger partial charge in [0.05, 0.1) is 5.56 Å². The van der Waals surface area contributed by atoms with E-state index in [2.05, 4.69) is 15.2 Å². The minimum absolute atomic E-state index is 0. The molecule has 0 saturated carbocycles. The van der Waals surface area contributed by atoms with E-state index in [1.54, 1.807) is 6.07 Å². The van der Waals surface area contributed by atoms with Gasteiger partial charge in [0.15, 0.2) is 5.96 Å². The number of hydrogen-bond acceptors (Lipinski definition) is 3. The third kappa shape index (κ3) is 6.39. The molecule has 1 amide bonds. The van der Waals surface area contributed by atoms with E-state index >= 15 is 0 Å². The summed E-state index contributed by atoms with van der Waals surface area (Å²) in [4.78, 5) is 22.6. The summed E-state index contributed by atoms with van der Waals surface area (Å²) in [5.74, 6) is 0.726. The molecule has 168 valence electrons. The lowest BCUT2D eigenvalue weighted by molar-refractivity contribution is -0.137. The monoisotopic (exact) mass is 539 g/mol. The van der Waals surface area contributed by atoms with Gasteiger partial charge in [0, 0.05) is 51.5 Å². The summed E-state index contributed by atoms with van der Waals surface area (Å²) in [6.45, 7) is 6.82. The highest BCUT2D eigenvalue weighted by Crippen LogP contribution is 2.31. The normalized spacial score (nSPS) is 17.7. The topological polar surface area (TPSA) is 51.2 Å².